The number of hydrogen-bond donors (Lipinski definition) is 0. The van der Waals surface area contributed by atoms with E-state index in [4.69, 9.17) is 4.84 Å². The SMILES string of the molecule is N#CC1(c2ccccc2)CCC2(CC1)CC(C(=O)[O-])=NO2. The Bertz CT molecular complexity index is 623. The Balaban J connectivity index is 1.76. The molecule has 1 aromatic carbocycles. The third-order valence-electron chi connectivity index (χ3n) is 4.63. The van der Waals surface area contributed by atoms with Crippen LogP contribution in [-0.4, -0.2) is 17.3 Å². The quantitative estimate of drug-likeness (QED) is 0.818. The Morgan fingerprint density at radius 1 is 1.24 bits per heavy atom. The Hall–Kier alpha value is -2.35. The fourth-order valence-corrected chi connectivity index (χ4v) is 3.25. The number of aliphatic carboxylic acids is 1. The van der Waals surface area contributed by atoms with Gasteiger partial charge in [-0.15, -0.1) is 0 Å². The highest BCUT2D eigenvalue weighted by Gasteiger charge is 2.48. The summed E-state index contributed by atoms with van der Waals surface area (Å²) in [6.45, 7) is 0. The van der Waals surface area contributed by atoms with Crippen molar-refractivity contribution in [1.82, 2.24) is 0 Å². The van der Waals surface area contributed by atoms with Crippen LogP contribution in [0.25, 0.3) is 0 Å². The van der Waals surface area contributed by atoms with Gasteiger partial charge in [0.05, 0.1) is 17.5 Å². The first-order valence-electron chi connectivity index (χ1n) is 7.02. The molecule has 1 saturated carbocycles. The van der Waals surface area contributed by atoms with Crippen LogP contribution in [0.2, 0.25) is 0 Å². The zero-order valence-corrected chi connectivity index (χ0v) is 11.5. The molecule has 108 valence electrons. The van der Waals surface area contributed by atoms with Crippen molar-refractivity contribution in [1.29, 1.82) is 5.26 Å². The van der Waals surface area contributed by atoms with Crippen LogP contribution >= 0.6 is 0 Å². The van der Waals surface area contributed by atoms with Crippen LogP contribution in [0.5, 0.6) is 0 Å². The number of carbonyl (C=O) groups is 1. The van der Waals surface area contributed by atoms with Gasteiger partial charge in [0.25, 0.3) is 0 Å². The van der Waals surface area contributed by atoms with Gasteiger partial charge >= 0.3 is 0 Å². The Labute approximate surface area is 122 Å². The second kappa shape index (κ2) is 4.88. The highest BCUT2D eigenvalue weighted by Crippen LogP contribution is 2.47. The first kappa shape index (κ1) is 13.6. The topological polar surface area (TPSA) is 85.5 Å². The molecule has 0 bridgehead atoms. The zero-order valence-electron chi connectivity index (χ0n) is 11.5. The number of hydrogen-bond acceptors (Lipinski definition) is 5. The summed E-state index contributed by atoms with van der Waals surface area (Å²) in [5.74, 6) is -1.27. The van der Waals surface area contributed by atoms with Crippen molar-refractivity contribution in [3.8, 4) is 6.07 Å². The number of carboxylic acids is 1. The lowest BCUT2D eigenvalue weighted by atomic mass is 9.65. The van der Waals surface area contributed by atoms with Crippen LogP contribution in [-0.2, 0) is 15.0 Å². The van der Waals surface area contributed by atoms with Gasteiger partial charge in [0.1, 0.15) is 11.3 Å². The summed E-state index contributed by atoms with van der Waals surface area (Å²) in [6.07, 6.45) is 2.80. The highest BCUT2D eigenvalue weighted by molar-refractivity contribution is 6.35. The third-order valence-corrected chi connectivity index (χ3v) is 4.63. The van der Waals surface area contributed by atoms with Crippen molar-refractivity contribution in [2.75, 3.05) is 0 Å². The second-order valence-corrected chi connectivity index (χ2v) is 5.84. The van der Waals surface area contributed by atoms with Crippen molar-refractivity contribution in [2.24, 2.45) is 5.16 Å². The maximum Gasteiger partial charge on any atom is 0.143 e. The Morgan fingerprint density at radius 3 is 2.43 bits per heavy atom. The van der Waals surface area contributed by atoms with Crippen LogP contribution in [0, 0.1) is 11.3 Å². The number of nitrogens with zero attached hydrogens (tertiary/aromatic N) is 2. The lowest BCUT2D eigenvalue weighted by Gasteiger charge is -2.39. The summed E-state index contributed by atoms with van der Waals surface area (Å²) in [6, 6.07) is 12.2. The zero-order chi connectivity index (χ0) is 14.9. The van der Waals surface area contributed by atoms with Crippen LogP contribution in [0.15, 0.2) is 35.5 Å². The van der Waals surface area contributed by atoms with Gasteiger partial charge in [-0.2, -0.15) is 5.26 Å². The largest absolute Gasteiger partial charge is 0.543 e. The normalized spacial score (nSPS) is 31.3. The molecule has 0 atom stereocenters. The number of benzene rings is 1. The fourth-order valence-electron chi connectivity index (χ4n) is 3.25. The van der Waals surface area contributed by atoms with Crippen molar-refractivity contribution in [2.45, 2.75) is 43.1 Å². The fraction of sp³-hybridized carbons (Fsp3) is 0.438. The molecule has 1 fully saturated rings. The number of carboxylic acid groups (broad SMARTS) is 1. The standard InChI is InChI=1S/C16H16N2O3/c17-11-15(12-4-2-1-3-5-12)6-8-16(9-7-15)10-13(14(19)20)18-21-16/h1-5H,6-10H2,(H,19,20)/p-1. The van der Waals surface area contributed by atoms with Crippen LogP contribution < -0.4 is 5.11 Å². The average Bonchev–Trinajstić information content (AvgIpc) is 2.94. The summed E-state index contributed by atoms with van der Waals surface area (Å²) in [7, 11) is 0. The molecular formula is C16H15N2O3-. The molecule has 1 aliphatic carbocycles. The van der Waals surface area contributed by atoms with E-state index in [9.17, 15) is 15.2 Å². The van der Waals surface area contributed by atoms with E-state index in [-0.39, 0.29) is 12.1 Å². The molecule has 5 nitrogen and oxygen atoms in total. The van der Waals surface area contributed by atoms with Gasteiger partial charge in [0.15, 0.2) is 0 Å². The molecule has 0 amide bonds. The van der Waals surface area contributed by atoms with Crippen molar-refractivity contribution in [3.63, 3.8) is 0 Å². The minimum atomic E-state index is -1.27. The first-order valence-corrected chi connectivity index (χ1v) is 7.02. The molecule has 1 aliphatic heterocycles. The smallest absolute Gasteiger partial charge is 0.143 e. The Kier molecular flexibility index (Phi) is 3.17. The molecule has 1 aromatic rings. The van der Waals surface area contributed by atoms with Gasteiger partial charge in [-0.3, -0.25) is 0 Å². The highest BCUT2D eigenvalue weighted by atomic mass is 16.7. The van der Waals surface area contributed by atoms with E-state index in [1.165, 1.54) is 0 Å². The van der Waals surface area contributed by atoms with Gasteiger partial charge in [-0.1, -0.05) is 35.5 Å². The molecular weight excluding hydrogens is 268 g/mol. The van der Waals surface area contributed by atoms with E-state index in [1.54, 1.807) is 0 Å². The maximum atomic E-state index is 10.9. The lowest BCUT2D eigenvalue weighted by molar-refractivity contribution is -0.294. The summed E-state index contributed by atoms with van der Waals surface area (Å²) in [5.41, 5.74) is -0.0921. The van der Waals surface area contributed by atoms with Gasteiger partial charge < -0.3 is 14.7 Å². The molecule has 3 rings (SSSR count). The summed E-state index contributed by atoms with van der Waals surface area (Å²) in [4.78, 5) is 16.2. The van der Waals surface area contributed by atoms with E-state index >= 15 is 0 Å². The second-order valence-electron chi connectivity index (χ2n) is 5.84. The molecule has 21 heavy (non-hydrogen) atoms. The van der Waals surface area contributed by atoms with Gasteiger partial charge in [-0.05, 0) is 31.2 Å². The van der Waals surface area contributed by atoms with Crippen molar-refractivity contribution in [3.05, 3.63) is 35.9 Å². The monoisotopic (exact) mass is 283 g/mol. The van der Waals surface area contributed by atoms with E-state index in [1.807, 2.05) is 30.3 Å². The summed E-state index contributed by atoms with van der Waals surface area (Å²) < 4.78 is 0. The molecule has 0 unspecified atom stereocenters. The molecule has 5 heteroatoms. The Morgan fingerprint density at radius 2 is 1.90 bits per heavy atom. The predicted molar refractivity (Wildman–Crippen MR) is 73.1 cm³/mol. The van der Waals surface area contributed by atoms with Crippen LogP contribution in [0.1, 0.15) is 37.7 Å². The van der Waals surface area contributed by atoms with Gasteiger partial charge in [-0.25, -0.2) is 0 Å². The first-order chi connectivity index (χ1) is 10.1. The average molecular weight is 283 g/mol. The molecule has 1 heterocycles. The molecule has 1 spiro atoms. The van der Waals surface area contributed by atoms with Gasteiger partial charge in [0, 0.05) is 6.42 Å². The van der Waals surface area contributed by atoms with E-state index in [0.29, 0.717) is 25.7 Å². The van der Waals surface area contributed by atoms with E-state index in [0.717, 1.165) is 5.56 Å². The van der Waals surface area contributed by atoms with Crippen LogP contribution in [0.4, 0.5) is 0 Å². The number of oxime groups is 1. The van der Waals surface area contributed by atoms with E-state index in [2.05, 4.69) is 11.2 Å². The lowest BCUT2D eigenvalue weighted by Crippen LogP contribution is -2.42. The number of carbonyl (C=O) groups excluding carboxylic acids is 1. The summed E-state index contributed by atoms with van der Waals surface area (Å²) in [5, 5.41) is 24.1. The maximum absolute atomic E-state index is 10.9. The number of rotatable bonds is 2. The van der Waals surface area contributed by atoms with Crippen molar-refractivity contribution >= 4 is 11.7 Å². The van der Waals surface area contributed by atoms with Crippen LogP contribution in [0.3, 0.4) is 0 Å². The van der Waals surface area contributed by atoms with E-state index < -0.39 is 17.0 Å². The predicted octanol–water partition coefficient (Wildman–Crippen LogP) is 1.29. The minimum absolute atomic E-state index is 0.0285. The number of nitriles is 1. The molecule has 0 aromatic heterocycles. The third kappa shape index (κ3) is 2.27. The molecule has 0 N–H and O–H groups in total. The molecule has 2 aliphatic rings. The van der Waals surface area contributed by atoms with Crippen molar-refractivity contribution < 1.29 is 14.7 Å². The van der Waals surface area contributed by atoms with Gasteiger partial charge in [0.2, 0.25) is 0 Å². The minimum Gasteiger partial charge on any atom is -0.543 e. The summed E-state index contributed by atoms with van der Waals surface area (Å²) >= 11 is 0. The molecule has 0 radical (unpaired) electrons. The molecule has 0 saturated heterocycles.